The number of hydrogen-bond donors (Lipinski definition) is 1. The van der Waals surface area contributed by atoms with Crippen LogP contribution in [-0.2, 0) is 0 Å². The van der Waals surface area contributed by atoms with Crippen LogP contribution in [0.25, 0.3) is 5.69 Å². The Morgan fingerprint density at radius 1 is 1.32 bits per heavy atom. The molecule has 0 spiro atoms. The van der Waals surface area contributed by atoms with E-state index in [0.717, 1.165) is 30.8 Å². The van der Waals surface area contributed by atoms with E-state index < -0.39 is 0 Å². The van der Waals surface area contributed by atoms with Crippen LogP contribution in [0.1, 0.15) is 31.5 Å². The van der Waals surface area contributed by atoms with E-state index in [2.05, 4.69) is 42.1 Å². The van der Waals surface area contributed by atoms with Gasteiger partial charge >= 0.3 is 0 Å². The van der Waals surface area contributed by atoms with Gasteiger partial charge in [0.25, 0.3) is 0 Å². The van der Waals surface area contributed by atoms with Gasteiger partial charge < -0.3 is 5.32 Å². The molecule has 0 aliphatic rings. The molecule has 2 rings (SSSR count). The summed E-state index contributed by atoms with van der Waals surface area (Å²) in [4.78, 5) is 0. The number of aromatic nitrogens is 2. The first-order valence-electron chi connectivity index (χ1n) is 6.80. The first-order chi connectivity index (χ1) is 9.35. The molecule has 1 unspecified atom stereocenters. The zero-order valence-electron chi connectivity index (χ0n) is 11.4. The number of rotatable bonds is 7. The average Bonchev–Trinajstić information content (AvgIpc) is 2.94. The lowest BCUT2D eigenvalue weighted by Gasteiger charge is -2.14. The fraction of sp³-hybridized carbons (Fsp3) is 0.312. The molecule has 2 aromatic rings. The van der Waals surface area contributed by atoms with E-state index in [-0.39, 0.29) is 6.04 Å². The van der Waals surface area contributed by atoms with Crippen molar-refractivity contribution in [2.75, 3.05) is 6.54 Å². The van der Waals surface area contributed by atoms with Crippen molar-refractivity contribution in [3.05, 3.63) is 60.9 Å². The highest BCUT2D eigenvalue weighted by atomic mass is 15.3. The molecule has 0 radical (unpaired) electrons. The lowest BCUT2D eigenvalue weighted by molar-refractivity contribution is 0.521. The molecule has 1 heterocycles. The summed E-state index contributed by atoms with van der Waals surface area (Å²) in [6.07, 6.45) is 5.96. The molecular formula is C16H21N3. The Kier molecular flexibility index (Phi) is 4.93. The predicted octanol–water partition coefficient (Wildman–Crippen LogP) is 3.49. The van der Waals surface area contributed by atoms with Gasteiger partial charge in [-0.05, 0) is 37.6 Å². The Hall–Kier alpha value is -1.87. The minimum absolute atomic E-state index is 0.252. The smallest absolute Gasteiger partial charge is 0.0801 e. The highest BCUT2D eigenvalue weighted by molar-refractivity contribution is 5.30. The topological polar surface area (TPSA) is 29.9 Å². The van der Waals surface area contributed by atoms with Crippen LogP contribution in [0.2, 0.25) is 0 Å². The highest BCUT2D eigenvalue weighted by Gasteiger charge is 2.12. The van der Waals surface area contributed by atoms with Crippen LogP contribution in [0.15, 0.2) is 55.3 Å². The zero-order valence-corrected chi connectivity index (χ0v) is 11.4. The third-order valence-corrected chi connectivity index (χ3v) is 3.03. The molecule has 1 atom stereocenters. The second-order valence-corrected chi connectivity index (χ2v) is 4.55. The lowest BCUT2D eigenvalue weighted by Crippen LogP contribution is -2.22. The van der Waals surface area contributed by atoms with Crippen LogP contribution in [0, 0.1) is 0 Å². The van der Waals surface area contributed by atoms with Gasteiger partial charge in [0, 0.05) is 6.20 Å². The average molecular weight is 255 g/mol. The molecule has 0 aliphatic carbocycles. The van der Waals surface area contributed by atoms with Gasteiger partial charge in [-0.1, -0.05) is 31.2 Å². The van der Waals surface area contributed by atoms with Crippen molar-refractivity contribution in [1.29, 1.82) is 0 Å². The molecule has 0 aliphatic heterocycles. The van der Waals surface area contributed by atoms with Crippen molar-refractivity contribution in [3.8, 4) is 5.69 Å². The van der Waals surface area contributed by atoms with Crippen LogP contribution in [0.3, 0.4) is 0 Å². The van der Waals surface area contributed by atoms with E-state index in [1.807, 2.05) is 35.2 Å². The Morgan fingerprint density at radius 3 is 2.79 bits per heavy atom. The van der Waals surface area contributed by atoms with E-state index in [1.165, 1.54) is 0 Å². The number of nitrogens with one attached hydrogen (secondary N) is 1. The van der Waals surface area contributed by atoms with Gasteiger partial charge in [-0.2, -0.15) is 5.10 Å². The van der Waals surface area contributed by atoms with Crippen molar-refractivity contribution >= 4 is 0 Å². The van der Waals surface area contributed by atoms with Gasteiger partial charge in [0.2, 0.25) is 0 Å². The first-order valence-corrected chi connectivity index (χ1v) is 6.80. The molecule has 0 amide bonds. The summed E-state index contributed by atoms with van der Waals surface area (Å²) in [5, 5.41) is 8.16. The number of nitrogens with zero attached hydrogens (tertiary/aromatic N) is 2. The summed E-state index contributed by atoms with van der Waals surface area (Å²) in [5.41, 5.74) is 2.15. The molecule has 0 fully saturated rings. The lowest BCUT2D eigenvalue weighted by atomic mass is 10.1. The first kappa shape index (κ1) is 13.6. The van der Waals surface area contributed by atoms with Crippen LogP contribution < -0.4 is 5.32 Å². The molecule has 1 aromatic carbocycles. The normalized spacial score (nSPS) is 12.3. The molecule has 3 nitrogen and oxygen atoms in total. The molecule has 100 valence electrons. The molecule has 1 N–H and O–H groups in total. The van der Waals surface area contributed by atoms with E-state index in [9.17, 15) is 0 Å². The van der Waals surface area contributed by atoms with E-state index in [0.29, 0.717) is 0 Å². The summed E-state index contributed by atoms with van der Waals surface area (Å²) in [6, 6.07) is 12.5. The number of benzene rings is 1. The molecule has 3 heteroatoms. The Labute approximate surface area is 115 Å². The van der Waals surface area contributed by atoms with E-state index in [4.69, 9.17) is 0 Å². The van der Waals surface area contributed by atoms with Crippen molar-refractivity contribution in [2.24, 2.45) is 0 Å². The van der Waals surface area contributed by atoms with Crippen molar-refractivity contribution in [3.63, 3.8) is 0 Å². The van der Waals surface area contributed by atoms with Crippen LogP contribution in [-0.4, -0.2) is 16.3 Å². The van der Waals surface area contributed by atoms with Gasteiger partial charge in [0.15, 0.2) is 0 Å². The van der Waals surface area contributed by atoms with Crippen molar-refractivity contribution in [2.45, 2.75) is 25.8 Å². The Balaban J connectivity index is 2.16. The molecule has 19 heavy (non-hydrogen) atoms. The van der Waals surface area contributed by atoms with Gasteiger partial charge in [-0.25, -0.2) is 4.68 Å². The largest absolute Gasteiger partial charge is 0.308 e. The van der Waals surface area contributed by atoms with Crippen LogP contribution in [0.5, 0.6) is 0 Å². The Morgan fingerprint density at radius 2 is 2.11 bits per heavy atom. The van der Waals surface area contributed by atoms with Gasteiger partial charge in [-0.3, -0.25) is 0 Å². The molecule has 0 saturated carbocycles. The molecule has 0 bridgehead atoms. The van der Waals surface area contributed by atoms with Crippen molar-refractivity contribution in [1.82, 2.24) is 15.1 Å². The predicted molar refractivity (Wildman–Crippen MR) is 79.4 cm³/mol. The van der Waals surface area contributed by atoms with Gasteiger partial charge in [-0.15, -0.1) is 6.58 Å². The standard InChI is InChI=1S/C16H21N3/c1-3-8-15(17-12-4-2)16-11-13-19(18-16)14-9-6-5-7-10-14/h3,5-7,9-11,13,15,17H,1,4,8,12H2,2H3. The SMILES string of the molecule is C=CCC(NCCC)c1ccn(-c2ccccc2)n1. The fourth-order valence-electron chi connectivity index (χ4n) is 2.04. The quantitative estimate of drug-likeness (QED) is 0.767. The highest BCUT2D eigenvalue weighted by Crippen LogP contribution is 2.16. The minimum atomic E-state index is 0.252. The second kappa shape index (κ2) is 6.90. The van der Waals surface area contributed by atoms with E-state index >= 15 is 0 Å². The van der Waals surface area contributed by atoms with Gasteiger partial charge in [0.1, 0.15) is 0 Å². The summed E-state index contributed by atoms with van der Waals surface area (Å²) < 4.78 is 1.92. The maximum absolute atomic E-state index is 4.66. The molecule has 0 saturated heterocycles. The molecular weight excluding hydrogens is 234 g/mol. The number of hydrogen-bond acceptors (Lipinski definition) is 2. The third-order valence-electron chi connectivity index (χ3n) is 3.03. The van der Waals surface area contributed by atoms with E-state index in [1.54, 1.807) is 0 Å². The monoisotopic (exact) mass is 255 g/mol. The summed E-state index contributed by atoms with van der Waals surface area (Å²) >= 11 is 0. The second-order valence-electron chi connectivity index (χ2n) is 4.55. The maximum Gasteiger partial charge on any atom is 0.0801 e. The van der Waals surface area contributed by atoms with Gasteiger partial charge in [0.05, 0.1) is 17.4 Å². The number of para-hydroxylation sites is 1. The third kappa shape index (κ3) is 3.55. The Bertz CT molecular complexity index is 502. The summed E-state index contributed by atoms with van der Waals surface area (Å²) in [5.74, 6) is 0. The summed E-state index contributed by atoms with van der Waals surface area (Å²) in [6.45, 7) is 6.99. The zero-order chi connectivity index (χ0) is 13.5. The van der Waals surface area contributed by atoms with Crippen LogP contribution in [0.4, 0.5) is 0 Å². The summed E-state index contributed by atoms with van der Waals surface area (Å²) in [7, 11) is 0. The van der Waals surface area contributed by atoms with Crippen LogP contribution >= 0.6 is 0 Å². The maximum atomic E-state index is 4.66. The fourth-order valence-corrected chi connectivity index (χ4v) is 2.04. The molecule has 1 aromatic heterocycles. The minimum Gasteiger partial charge on any atom is -0.308 e. The van der Waals surface area contributed by atoms with Crippen molar-refractivity contribution < 1.29 is 0 Å².